The van der Waals surface area contributed by atoms with Crippen LogP contribution in [-0.4, -0.2) is 6.79 Å². The molecule has 0 amide bonds. The van der Waals surface area contributed by atoms with Crippen LogP contribution in [0, 0.1) is 0 Å². The molecule has 6 heteroatoms. The number of halogens is 2. The first-order chi connectivity index (χ1) is 13.3. The SMILES string of the molecule is Cl.Clc1ccc(COc2ccccc2CNCc2ccc3c(c2)OCO3)cc1. The summed E-state index contributed by atoms with van der Waals surface area (Å²) in [6, 6.07) is 21.8. The zero-order valence-corrected chi connectivity index (χ0v) is 16.8. The third-order valence-corrected chi connectivity index (χ3v) is 4.61. The third kappa shape index (κ3) is 5.10. The number of hydrogen-bond acceptors (Lipinski definition) is 4. The van der Waals surface area contributed by atoms with E-state index in [0.29, 0.717) is 19.9 Å². The highest BCUT2D eigenvalue weighted by atomic mass is 35.5. The predicted molar refractivity (Wildman–Crippen MR) is 113 cm³/mol. The molecule has 146 valence electrons. The molecule has 0 aliphatic carbocycles. The van der Waals surface area contributed by atoms with E-state index < -0.39 is 0 Å². The molecule has 0 spiro atoms. The number of nitrogens with one attached hydrogen (secondary N) is 1. The van der Waals surface area contributed by atoms with Crippen molar-refractivity contribution < 1.29 is 14.2 Å². The standard InChI is InChI=1S/C22H20ClNO3.ClH/c23-19-8-5-16(6-9-19)14-25-20-4-2-1-3-18(20)13-24-12-17-7-10-21-22(11-17)27-15-26-21;/h1-11,24H,12-15H2;1H. The van der Waals surface area contributed by atoms with E-state index in [1.807, 2.05) is 60.7 Å². The summed E-state index contributed by atoms with van der Waals surface area (Å²) < 4.78 is 16.8. The van der Waals surface area contributed by atoms with E-state index in [1.54, 1.807) is 0 Å². The lowest BCUT2D eigenvalue weighted by molar-refractivity contribution is 0.174. The fourth-order valence-electron chi connectivity index (χ4n) is 2.92. The molecule has 0 unspecified atom stereocenters. The summed E-state index contributed by atoms with van der Waals surface area (Å²) in [5.41, 5.74) is 3.36. The Balaban J connectivity index is 0.00000225. The molecule has 1 aliphatic rings. The Hall–Kier alpha value is -2.40. The highest BCUT2D eigenvalue weighted by Crippen LogP contribution is 2.32. The van der Waals surface area contributed by atoms with Gasteiger partial charge in [0.15, 0.2) is 11.5 Å². The smallest absolute Gasteiger partial charge is 0.231 e. The minimum absolute atomic E-state index is 0. The molecule has 28 heavy (non-hydrogen) atoms. The van der Waals surface area contributed by atoms with Crippen LogP contribution in [0.4, 0.5) is 0 Å². The van der Waals surface area contributed by atoms with Gasteiger partial charge in [-0.15, -0.1) is 12.4 Å². The first-order valence-corrected chi connectivity index (χ1v) is 9.20. The average molecular weight is 418 g/mol. The molecule has 4 nitrogen and oxygen atoms in total. The van der Waals surface area contributed by atoms with Crippen LogP contribution in [0.3, 0.4) is 0 Å². The van der Waals surface area contributed by atoms with E-state index >= 15 is 0 Å². The maximum Gasteiger partial charge on any atom is 0.231 e. The molecule has 1 heterocycles. The number of benzene rings is 3. The molecule has 0 radical (unpaired) electrons. The summed E-state index contributed by atoms with van der Waals surface area (Å²) in [6.07, 6.45) is 0. The highest BCUT2D eigenvalue weighted by molar-refractivity contribution is 6.30. The normalized spacial score (nSPS) is 11.8. The van der Waals surface area contributed by atoms with Crippen molar-refractivity contribution in [2.75, 3.05) is 6.79 Å². The van der Waals surface area contributed by atoms with E-state index in [9.17, 15) is 0 Å². The molecule has 3 aromatic rings. The lowest BCUT2D eigenvalue weighted by Crippen LogP contribution is -2.13. The van der Waals surface area contributed by atoms with Crippen molar-refractivity contribution in [2.24, 2.45) is 0 Å². The molecule has 0 fully saturated rings. The summed E-state index contributed by atoms with van der Waals surface area (Å²) in [6.45, 7) is 2.26. The Morgan fingerprint density at radius 2 is 1.61 bits per heavy atom. The maximum absolute atomic E-state index is 6.01. The molecule has 0 saturated heterocycles. The molecular formula is C22H21Cl2NO3. The van der Waals surface area contributed by atoms with Gasteiger partial charge in [-0.05, 0) is 41.5 Å². The summed E-state index contributed by atoms with van der Waals surface area (Å²) >= 11 is 5.93. The topological polar surface area (TPSA) is 39.7 Å². The molecule has 0 aromatic heterocycles. The molecule has 0 bridgehead atoms. The molecular weight excluding hydrogens is 397 g/mol. The van der Waals surface area contributed by atoms with Gasteiger partial charge in [0.25, 0.3) is 0 Å². The van der Waals surface area contributed by atoms with E-state index in [2.05, 4.69) is 11.4 Å². The van der Waals surface area contributed by atoms with E-state index in [0.717, 1.165) is 45.5 Å². The van der Waals surface area contributed by atoms with Gasteiger partial charge in [0.2, 0.25) is 6.79 Å². The molecule has 0 saturated carbocycles. The quantitative estimate of drug-likeness (QED) is 0.561. The minimum atomic E-state index is 0. The fourth-order valence-corrected chi connectivity index (χ4v) is 3.05. The highest BCUT2D eigenvalue weighted by Gasteiger charge is 2.13. The van der Waals surface area contributed by atoms with Crippen molar-refractivity contribution in [1.82, 2.24) is 5.32 Å². The van der Waals surface area contributed by atoms with Crippen molar-refractivity contribution in [2.45, 2.75) is 19.7 Å². The van der Waals surface area contributed by atoms with Crippen LogP contribution in [0.25, 0.3) is 0 Å². The maximum atomic E-state index is 6.01. The summed E-state index contributed by atoms with van der Waals surface area (Å²) in [5, 5.41) is 4.19. The lowest BCUT2D eigenvalue weighted by atomic mass is 10.1. The third-order valence-electron chi connectivity index (χ3n) is 4.36. The van der Waals surface area contributed by atoms with Crippen molar-refractivity contribution in [3.05, 3.63) is 88.4 Å². The molecule has 3 aromatic carbocycles. The zero-order chi connectivity index (χ0) is 18.5. The Bertz CT molecular complexity index is 916. The van der Waals surface area contributed by atoms with Gasteiger partial charge >= 0.3 is 0 Å². The summed E-state index contributed by atoms with van der Waals surface area (Å²) in [7, 11) is 0. The second kappa shape index (κ2) is 9.69. The number of rotatable bonds is 7. The Morgan fingerprint density at radius 3 is 2.46 bits per heavy atom. The van der Waals surface area contributed by atoms with Crippen LogP contribution in [0.5, 0.6) is 17.2 Å². The van der Waals surface area contributed by atoms with Crippen LogP contribution in [0.15, 0.2) is 66.7 Å². The van der Waals surface area contributed by atoms with E-state index in [-0.39, 0.29) is 12.4 Å². The monoisotopic (exact) mass is 417 g/mol. The van der Waals surface area contributed by atoms with Crippen LogP contribution >= 0.6 is 24.0 Å². The van der Waals surface area contributed by atoms with Gasteiger partial charge in [0, 0.05) is 23.7 Å². The van der Waals surface area contributed by atoms with Gasteiger partial charge in [-0.1, -0.05) is 48.0 Å². The van der Waals surface area contributed by atoms with Crippen LogP contribution in [-0.2, 0) is 19.7 Å². The largest absolute Gasteiger partial charge is 0.489 e. The zero-order valence-electron chi connectivity index (χ0n) is 15.2. The lowest BCUT2D eigenvalue weighted by Gasteiger charge is -2.12. The number of ether oxygens (including phenoxy) is 3. The van der Waals surface area contributed by atoms with Gasteiger partial charge in [-0.2, -0.15) is 0 Å². The number of para-hydroxylation sites is 1. The van der Waals surface area contributed by atoms with Gasteiger partial charge in [-0.25, -0.2) is 0 Å². The van der Waals surface area contributed by atoms with Gasteiger partial charge in [-0.3, -0.25) is 0 Å². The number of hydrogen-bond donors (Lipinski definition) is 1. The molecule has 1 aliphatic heterocycles. The molecule has 0 atom stereocenters. The molecule has 4 rings (SSSR count). The number of fused-ring (bicyclic) bond motifs is 1. The van der Waals surface area contributed by atoms with Crippen molar-refractivity contribution in [3.8, 4) is 17.2 Å². The van der Waals surface area contributed by atoms with Crippen molar-refractivity contribution in [1.29, 1.82) is 0 Å². The second-order valence-corrected chi connectivity index (χ2v) is 6.75. The van der Waals surface area contributed by atoms with Gasteiger partial charge in [0.1, 0.15) is 12.4 Å². The van der Waals surface area contributed by atoms with Crippen LogP contribution < -0.4 is 19.5 Å². The Kier molecular flexibility index (Phi) is 7.04. The summed E-state index contributed by atoms with van der Waals surface area (Å²) in [4.78, 5) is 0. The van der Waals surface area contributed by atoms with Crippen LogP contribution in [0.2, 0.25) is 5.02 Å². The first kappa shape index (κ1) is 20.3. The van der Waals surface area contributed by atoms with Crippen molar-refractivity contribution in [3.63, 3.8) is 0 Å². The van der Waals surface area contributed by atoms with E-state index in [4.69, 9.17) is 25.8 Å². The Morgan fingerprint density at radius 1 is 0.857 bits per heavy atom. The average Bonchev–Trinajstić information content (AvgIpc) is 3.16. The fraction of sp³-hybridized carbons (Fsp3) is 0.182. The molecule has 1 N–H and O–H groups in total. The van der Waals surface area contributed by atoms with Gasteiger partial charge in [0.05, 0.1) is 0 Å². The summed E-state index contributed by atoms with van der Waals surface area (Å²) in [5.74, 6) is 2.49. The minimum Gasteiger partial charge on any atom is -0.489 e. The van der Waals surface area contributed by atoms with Crippen LogP contribution in [0.1, 0.15) is 16.7 Å². The second-order valence-electron chi connectivity index (χ2n) is 6.31. The van der Waals surface area contributed by atoms with Crippen molar-refractivity contribution >= 4 is 24.0 Å². The first-order valence-electron chi connectivity index (χ1n) is 8.82. The predicted octanol–water partition coefficient (Wildman–Crippen LogP) is 5.36. The van der Waals surface area contributed by atoms with E-state index in [1.165, 1.54) is 0 Å². The van der Waals surface area contributed by atoms with Gasteiger partial charge < -0.3 is 19.5 Å². The Labute approximate surface area is 175 Å².